The number of H-pyrrole nitrogens is 1. The highest BCUT2D eigenvalue weighted by atomic mass is 16.1. The molecule has 0 atom stereocenters. The number of anilines is 1. The van der Waals surface area contributed by atoms with Gasteiger partial charge in [-0.1, -0.05) is 42.5 Å². The summed E-state index contributed by atoms with van der Waals surface area (Å²) in [5, 5.41) is 11.5. The third kappa shape index (κ3) is 2.69. The van der Waals surface area contributed by atoms with E-state index in [1.165, 1.54) is 0 Å². The Kier molecular flexibility index (Phi) is 4.51. The van der Waals surface area contributed by atoms with E-state index in [4.69, 9.17) is 0 Å². The zero-order valence-corrected chi connectivity index (χ0v) is 11.9. The molecule has 0 radical (unpaired) electrons. The van der Waals surface area contributed by atoms with Crippen LogP contribution >= 0.6 is 0 Å². The van der Waals surface area contributed by atoms with Crippen molar-refractivity contribution in [1.82, 2.24) is 10.2 Å². The van der Waals surface area contributed by atoms with Crippen molar-refractivity contribution in [3.8, 4) is 11.1 Å². The molecule has 0 saturated carbocycles. The highest BCUT2D eigenvalue weighted by Crippen LogP contribution is 2.30. The molecule has 0 amide bonds. The number of hydrogen-bond acceptors (Lipinski definition) is 3. The summed E-state index contributed by atoms with van der Waals surface area (Å²) in [5.74, 6) is 0. The summed E-state index contributed by atoms with van der Waals surface area (Å²) >= 11 is 0. The Balaban J connectivity index is 0.000000774. The molecule has 1 aromatic heterocycles. The molecule has 21 heavy (non-hydrogen) atoms. The number of nitrogens with one attached hydrogen (secondary N) is 2. The molecule has 0 unspecified atom stereocenters. The standard InChI is InChI=1S/C15H13N3O.C2H4/c1-16-14-13(9-17-18-15(14)19)12-8-4-6-10-5-2-3-7-11(10)12;1-2/h2-9H,1H3,(H,16,17)(H,18,19);1-2H2. The van der Waals surface area contributed by atoms with Crippen LogP contribution < -0.4 is 10.9 Å². The summed E-state index contributed by atoms with van der Waals surface area (Å²) in [5.41, 5.74) is 2.13. The molecule has 3 rings (SSSR count). The predicted molar refractivity (Wildman–Crippen MR) is 88.6 cm³/mol. The van der Waals surface area contributed by atoms with E-state index in [1.807, 2.05) is 30.3 Å². The van der Waals surface area contributed by atoms with Gasteiger partial charge < -0.3 is 5.32 Å². The Morgan fingerprint density at radius 3 is 2.52 bits per heavy atom. The van der Waals surface area contributed by atoms with Crippen molar-refractivity contribution in [2.24, 2.45) is 0 Å². The summed E-state index contributed by atoms with van der Waals surface area (Å²) in [6, 6.07) is 14.1. The van der Waals surface area contributed by atoms with Gasteiger partial charge in [-0.2, -0.15) is 5.10 Å². The summed E-state index contributed by atoms with van der Waals surface area (Å²) in [7, 11) is 1.74. The molecule has 0 aliphatic heterocycles. The van der Waals surface area contributed by atoms with Crippen molar-refractivity contribution in [3.63, 3.8) is 0 Å². The molecule has 1 heterocycles. The molecule has 2 aromatic carbocycles. The van der Waals surface area contributed by atoms with Gasteiger partial charge in [0.2, 0.25) is 0 Å². The number of fused-ring (bicyclic) bond motifs is 1. The van der Waals surface area contributed by atoms with Crippen LogP contribution in [-0.2, 0) is 0 Å². The van der Waals surface area contributed by atoms with Gasteiger partial charge >= 0.3 is 0 Å². The number of benzene rings is 2. The average molecular weight is 279 g/mol. The molecule has 0 fully saturated rings. The second-order valence-corrected chi connectivity index (χ2v) is 4.26. The zero-order chi connectivity index (χ0) is 15.2. The first-order valence-electron chi connectivity index (χ1n) is 6.55. The van der Waals surface area contributed by atoms with E-state index in [9.17, 15) is 4.79 Å². The highest BCUT2D eigenvalue weighted by molar-refractivity contribution is 5.99. The topological polar surface area (TPSA) is 57.8 Å². The lowest BCUT2D eigenvalue weighted by atomic mass is 9.99. The van der Waals surface area contributed by atoms with Gasteiger partial charge in [-0.15, -0.1) is 13.2 Å². The highest BCUT2D eigenvalue weighted by Gasteiger charge is 2.10. The fourth-order valence-corrected chi connectivity index (χ4v) is 2.31. The first-order valence-corrected chi connectivity index (χ1v) is 6.55. The number of aromatic nitrogens is 2. The van der Waals surface area contributed by atoms with Crippen molar-refractivity contribution in [3.05, 3.63) is 72.2 Å². The summed E-state index contributed by atoms with van der Waals surface area (Å²) in [6.07, 6.45) is 1.68. The molecule has 0 aliphatic carbocycles. The maximum Gasteiger partial charge on any atom is 0.288 e. The molecule has 3 aromatic rings. The second kappa shape index (κ2) is 6.52. The minimum absolute atomic E-state index is 0.215. The van der Waals surface area contributed by atoms with E-state index in [0.29, 0.717) is 5.69 Å². The number of nitrogens with zero attached hydrogens (tertiary/aromatic N) is 1. The van der Waals surface area contributed by atoms with Crippen LogP contribution in [0.25, 0.3) is 21.9 Å². The molecule has 4 nitrogen and oxygen atoms in total. The van der Waals surface area contributed by atoms with Gasteiger partial charge in [0, 0.05) is 12.6 Å². The van der Waals surface area contributed by atoms with Crippen LogP contribution in [0.1, 0.15) is 0 Å². The normalized spacial score (nSPS) is 9.76. The molecule has 0 saturated heterocycles. The SMILES string of the molecule is C=C.CNc1c(-c2cccc3ccccc23)cn[nH]c1=O. The maximum atomic E-state index is 11.8. The van der Waals surface area contributed by atoms with Crippen molar-refractivity contribution in [2.75, 3.05) is 12.4 Å². The van der Waals surface area contributed by atoms with Crippen LogP contribution in [0.15, 0.2) is 66.6 Å². The van der Waals surface area contributed by atoms with Crippen molar-refractivity contribution in [2.45, 2.75) is 0 Å². The van der Waals surface area contributed by atoms with Crippen molar-refractivity contribution >= 4 is 16.5 Å². The number of rotatable bonds is 2. The molecule has 0 aliphatic rings. The van der Waals surface area contributed by atoms with E-state index in [2.05, 4.69) is 40.8 Å². The lowest BCUT2D eigenvalue weighted by Gasteiger charge is -2.10. The predicted octanol–water partition coefficient (Wildman–Crippen LogP) is 3.43. The van der Waals surface area contributed by atoms with Crippen LogP contribution in [0.2, 0.25) is 0 Å². The molecule has 0 spiro atoms. The Morgan fingerprint density at radius 2 is 1.76 bits per heavy atom. The minimum atomic E-state index is -0.215. The van der Waals surface area contributed by atoms with Crippen LogP contribution in [0.5, 0.6) is 0 Å². The van der Waals surface area contributed by atoms with Crippen LogP contribution in [0.3, 0.4) is 0 Å². The summed E-state index contributed by atoms with van der Waals surface area (Å²) < 4.78 is 0. The van der Waals surface area contributed by atoms with Crippen LogP contribution in [-0.4, -0.2) is 17.2 Å². The quantitative estimate of drug-likeness (QED) is 0.706. The van der Waals surface area contributed by atoms with Gasteiger partial charge in [0.1, 0.15) is 5.69 Å². The zero-order valence-electron chi connectivity index (χ0n) is 11.9. The van der Waals surface area contributed by atoms with Gasteiger partial charge in [0.25, 0.3) is 5.56 Å². The second-order valence-electron chi connectivity index (χ2n) is 4.26. The van der Waals surface area contributed by atoms with E-state index in [-0.39, 0.29) is 5.56 Å². The Labute approximate surface area is 123 Å². The molecule has 4 heteroatoms. The summed E-state index contributed by atoms with van der Waals surface area (Å²) in [4.78, 5) is 11.8. The first-order chi connectivity index (χ1) is 10.3. The largest absolute Gasteiger partial charge is 0.383 e. The smallest absolute Gasteiger partial charge is 0.288 e. The fourth-order valence-electron chi connectivity index (χ4n) is 2.31. The Morgan fingerprint density at radius 1 is 1.05 bits per heavy atom. The third-order valence-corrected chi connectivity index (χ3v) is 3.19. The monoisotopic (exact) mass is 279 g/mol. The van der Waals surface area contributed by atoms with E-state index >= 15 is 0 Å². The number of hydrogen-bond donors (Lipinski definition) is 2. The summed E-state index contributed by atoms with van der Waals surface area (Å²) in [6.45, 7) is 6.00. The lowest BCUT2D eigenvalue weighted by molar-refractivity contribution is 0.992. The van der Waals surface area contributed by atoms with Gasteiger partial charge in [0.15, 0.2) is 0 Å². The first kappa shape index (κ1) is 14.5. The Bertz CT molecular complexity index is 803. The maximum absolute atomic E-state index is 11.8. The van der Waals surface area contributed by atoms with Crippen LogP contribution in [0.4, 0.5) is 5.69 Å². The van der Waals surface area contributed by atoms with Crippen LogP contribution in [0, 0.1) is 0 Å². The molecular formula is C17H17N3O. The van der Waals surface area contributed by atoms with E-state index < -0.39 is 0 Å². The van der Waals surface area contributed by atoms with E-state index in [1.54, 1.807) is 13.2 Å². The average Bonchev–Trinajstić information content (AvgIpc) is 2.56. The lowest BCUT2D eigenvalue weighted by Crippen LogP contribution is -2.14. The van der Waals surface area contributed by atoms with Crippen molar-refractivity contribution in [1.29, 1.82) is 0 Å². The molecule has 0 bridgehead atoms. The molecular weight excluding hydrogens is 262 g/mol. The Hall–Kier alpha value is -2.88. The van der Waals surface area contributed by atoms with E-state index in [0.717, 1.165) is 21.9 Å². The van der Waals surface area contributed by atoms with Gasteiger partial charge in [-0.25, -0.2) is 5.10 Å². The van der Waals surface area contributed by atoms with Gasteiger partial charge in [-0.05, 0) is 16.3 Å². The molecule has 2 N–H and O–H groups in total. The minimum Gasteiger partial charge on any atom is -0.383 e. The van der Waals surface area contributed by atoms with Gasteiger partial charge in [0.05, 0.1) is 6.20 Å². The molecule has 106 valence electrons. The fraction of sp³-hybridized carbons (Fsp3) is 0.0588. The number of aromatic amines is 1. The van der Waals surface area contributed by atoms with Gasteiger partial charge in [-0.3, -0.25) is 4.79 Å². The van der Waals surface area contributed by atoms with Crippen molar-refractivity contribution < 1.29 is 0 Å². The third-order valence-electron chi connectivity index (χ3n) is 3.19.